The molecule has 0 bridgehead atoms. The first-order valence-corrected chi connectivity index (χ1v) is 42.1. The van der Waals surface area contributed by atoms with Gasteiger partial charge in [-0.05, 0) is 178 Å². The van der Waals surface area contributed by atoms with Gasteiger partial charge in [0.1, 0.15) is 0 Å². The number of rotatable bonds is 12. The van der Waals surface area contributed by atoms with E-state index in [1.165, 1.54) is 0 Å². The van der Waals surface area contributed by atoms with Crippen LogP contribution in [-0.4, -0.2) is 37.8 Å². The Hall–Kier alpha value is -17.2. The molecular weight excluding hydrogens is 1540 g/mol. The van der Waals surface area contributed by atoms with E-state index in [1.54, 1.807) is 0 Å². The summed E-state index contributed by atoms with van der Waals surface area (Å²) in [7, 11) is 0. The Kier molecular flexibility index (Phi) is 19.1. The van der Waals surface area contributed by atoms with Gasteiger partial charge in [0, 0.05) is 94.0 Å². The molecule has 0 aliphatic heterocycles. The second kappa shape index (κ2) is 32.1. The molecule has 0 fully saturated rings. The first-order chi connectivity index (χ1) is 62.3. The van der Waals surface area contributed by atoms with Crippen LogP contribution in [0.1, 0.15) is 0 Å². The third kappa shape index (κ3) is 13.2. The van der Waals surface area contributed by atoms with E-state index in [9.17, 15) is 14.4 Å². The number of hydrogen-bond donors (Lipinski definition) is 0. The number of fused-ring (bicyclic) bond motifs is 17. The second-order valence-corrected chi connectivity index (χ2v) is 31.2. The van der Waals surface area contributed by atoms with Gasteiger partial charge in [-0.25, -0.2) is 4.98 Å². The predicted molar refractivity (Wildman–Crippen MR) is 520 cm³/mol. The molecule has 0 saturated heterocycles. The van der Waals surface area contributed by atoms with E-state index in [4.69, 9.17) is 15.0 Å². The Balaban J connectivity index is 0.000000113. The van der Waals surface area contributed by atoms with Crippen molar-refractivity contribution >= 4 is 126 Å². The number of para-hydroxylation sites is 9. The molecule has 0 aliphatic carbocycles. The molecule has 24 rings (SSSR count). The Morgan fingerprint density at radius 2 is 0.476 bits per heavy atom. The van der Waals surface area contributed by atoms with Crippen molar-refractivity contribution in [3.8, 4) is 73.7 Å². The highest BCUT2D eigenvalue weighted by atomic mass is 16.1. The van der Waals surface area contributed by atoms with Gasteiger partial charge in [0.15, 0.2) is 11.6 Å². The molecule has 12 nitrogen and oxygen atoms in total. The lowest BCUT2D eigenvalue weighted by Crippen LogP contribution is -2.19. The molecule has 6 aromatic heterocycles. The van der Waals surface area contributed by atoms with Crippen molar-refractivity contribution in [2.45, 2.75) is 0 Å². The fourth-order valence-corrected chi connectivity index (χ4v) is 18.2. The zero-order valence-electron chi connectivity index (χ0n) is 68.1. The summed E-state index contributed by atoms with van der Waals surface area (Å²) in [6.07, 6.45) is 0. The summed E-state index contributed by atoms with van der Waals surface area (Å²) in [6, 6.07) is 154. The third-order valence-electron chi connectivity index (χ3n) is 23.9. The van der Waals surface area contributed by atoms with Crippen molar-refractivity contribution in [1.29, 1.82) is 0 Å². The largest absolute Gasteiger partial charge is 0.311 e. The lowest BCUT2D eigenvalue weighted by molar-refractivity contribution is 0.953. The molecule has 0 saturated carbocycles. The minimum atomic E-state index is -0.0704. The molecule has 126 heavy (non-hydrogen) atoms. The van der Waals surface area contributed by atoms with Crippen LogP contribution in [0.2, 0.25) is 0 Å². The maximum atomic E-state index is 14.7. The number of nitrogens with zero attached hydrogens (tertiary/aromatic N) is 9. The molecule has 12 heteroatoms. The zero-order valence-corrected chi connectivity index (χ0v) is 68.1. The fraction of sp³-hybridized carbons (Fsp3) is 0. The van der Waals surface area contributed by atoms with Crippen LogP contribution in [0, 0.1) is 0 Å². The van der Waals surface area contributed by atoms with E-state index >= 15 is 0 Å². The van der Waals surface area contributed by atoms with E-state index in [-0.39, 0.29) is 16.7 Å². The molecule has 0 unspecified atom stereocenters. The maximum Gasteiger partial charge on any atom is 0.264 e. The van der Waals surface area contributed by atoms with Crippen LogP contribution in [0.25, 0.3) is 182 Å². The smallest absolute Gasteiger partial charge is 0.264 e. The summed E-state index contributed by atoms with van der Waals surface area (Å²) in [4.78, 5) is 60.2. The van der Waals surface area contributed by atoms with Crippen molar-refractivity contribution in [3.05, 3.63) is 486 Å². The van der Waals surface area contributed by atoms with Gasteiger partial charge >= 0.3 is 0 Å². The molecule has 0 radical (unpaired) electrons. The molecule has 594 valence electrons. The van der Waals surface area contributed by atoms with Gasteiger partial charge in [0.25, 0.3) is 16.7 Å². The van der Waals surface area contributed by atoms with Crippen LogP contribution in [0.15, 0.2) is 469 Å². The Morgan fingerprint density at radius 3 is 0.937 bits per heavy atom. The van der Waals surface area contributed by atoms with Crippen molar-refractivity contribution in [2.24, 2.45) is 0 Å². The average Bonchev–Trinajstić information content (AvgIpc) is 0.896. The van der Waals surface area contributed by atoms with Crippen LogP contribution < -0.4 is 21.6 Å². The second-order valence-electron chi connectivity index (χ2n) is 31.2. The first kappa shape index (κ1) is 75.0. The summed E-state index contributed by atoms with van der Waals surface area (Å²) >= 11 is 0. The van der Waals surface area contributed by atoms with Gasteiger partial charge in [-0.1, -0.05) is 315 Å². The van der Waals surface area contributed by atoms with E-state index in [1.807, 2.05) is 262 Å². The number of aromatic nitrogens is 8. The Bertz CT molecular complexity index is 8390. The van der Waals surface area contributed by atoms with Crippen LogP contribution in [0.4, 0.5) is 17.1 Å². The third-order valence-corrected chi connectivity index (χ3v) is 23.9. The quantitative estimate of drug-likeness (QED) is 0.112. The predicted octanol–water partition coefficient (Wildman–Crippen LogP) is 26.9. The first-order valence-electron chi connectivity index (χ1n) is 42.1. The monoisotopic (exact) mass is 1620 g/mol. The zero-order chi connectivity index (χ0) is 84.1. The van der Waals surface area contributed by atoms with Crippen LogP contribution >= 0.6 is 0 Å². The standard InChI is InChI=1S/C43H30N2O.C40H25N5O.C31H20N2O/c46-43-40-19-11-10-18-39(40)41-30-34(31-12-4-1-5-13-31)24-29-42(41)45(43)38-27-22-33(23-28-38)32-20-25-37(26-21-32)44(35-14-6-2-7-15-35)36-16-8-3-9-17-36;46-39-36-30(29-20-10-12-22-32(29)44(39)28-18-8-3-9-19-28)24-25-34-35(36)31-21-11-13-23-33(31)45(34)40-42-37(26-14-4-1-5-15-26)41-38(43-40)27-16-6-2-7-17-27;34-31-30-24(23-15-7-9-17-26(23)33(31)22-13-5-2-6-14-22)19-20-28-29(30)25-16-8-10-18-27(25)32(28)21-11-3-1-4-12-21/h1-30H;1-25H;1-20H. The molecular formula is C114H75N9O3. The van der Waals surface area contributed by atoms with Gasteiger partial charge in [0.2, 0.25) is 5.95 Å². The minimum Gasteiger partial charge on any atom is -0.311 e. The van der Waals surface area contributed by atoms with Crippen molar-refractivity contribution in [2.75, 3.05) is 4.90 Å². The Morgan fingerprint density at radius 1 is 0.175 bits per heavy atom. The number of pyridine rings is 3. The molecule has 0 N–H and O–H groups in total. The minimum absolute atomic E-state index is 0.00136. The summed E-state index contributed by atoms with van der Waals surface area (Å²) in [5.74, 6) is 1.64. The summed E-state index contributed by atoms with van der Waals surface area (Å²) in [5.41, 5.74) is 19.7. The molecule has 0 amide bonds. The molecule has 18 aromatic carbocycles. The number of benzene rings is 18. The summed E-state index contributed by atoms with van der Waals surface area (Å²) in [6.45, 7) is 0. The summed E-state index contributed by atoms with van der Waals surface area (Å²) < 4.78 is 9.84. The van der Waals surface area contributed by atoms with Crippen LogP contribution in [-0.2, 0) is 0 Å². The van der Waals surface area contributed by atoms with Gasteiger partial charge in [-0.15, -0.1) is 0 Å². The SMILES string of the molecule is O=c1c2c(ccc3c2c2ccccc2n3-c2ccccc2)c2ccccc2n1-c1ccccc1.O=c1c2c(ccc3c2c2ccccc2n3-c2nc(-c3ccccc3)nc(-c3ccccc3)n2)c2ccccc2n1-c1ccccc1.O=c1c2ccccc2c2cc(-c3ccccc3)ccc2n1-c1ccc(-c2ccc(N(c3ccccc3)c3ccccc3)cc2)cc1. The Labute approximate surface area is 723 Å². The molecule has 0 aliphatic rings. The van der Waals surface area contributed by atoms with E-state index in [0.717, 1.165) is 171 Å². The van der Waals surface area contributed by atoms with Crippen molar-refractivity contribution < 1.29 is 0 Å². The van der Waals surface area contributed by atoms with Gasteiger partial charge in [-0.2, -0.15) is 9.97 Å². The number of hydrogen-bond acceptors (Lipinski definition) is 7. The highest BCUT2D eigenvalue weighted by Gasteiger charge is 2.26. The number of anilines is 3. The highest BCUT2D eigenvalue weighted by Crippen LogP contribution is 2.43. The topological polar surface area (TPSA) is 118 Å². The van der Waals surface area contributed by atoms with Gasteiger partial charge < -0.3 is 9.47 Å². The van der Waals surface area contributed by atoms with E-state index in [0.29, 0.717) is 28.4 Å². The van der Waals surface area contributed by atoms with Gasteiger partial charge in [0.05, 0.1) is 49.4 Å². The van der Waals surface area contributed by atoms with Crippen LogP contribution in [0.3, 0.4) is 0 Å². The molecule has 0 spiro atoms. The van der Waals surface area contributed by atoms with Crippen LogP contribution in [0.5, 0.6) is 0 Å². The maximum absolute atomic E-state index is 14.7. The molecule has 0 atom stereocenters. The van der Waals surface area contributed by atoms with Crippen molar-refractivity contribution in [1.82, 2.24) is 37.8 Å². The lowest BCUT2D eigenvalue weighted by atomic mass is 9.99. The van der Waals surface area contributed by atoms with Gasteiger partial charge in [-0.3, -0.25) is 32.7 Å². The van der Waals surface area contributed by atoms with Crippen molar-refractivity contribution in [3.63, 3.8) is 0 Å². The molecule has 6 heterocycles. The lowest BCUT2D eigenvalue weighted by Gasteiger charge is -2.25. The molecule has 24 aromatic rings. The fourth-order valence-electron chi connectivity index (χ4n) is 18.2. The normalized spacial score (nSPS) is 11.4. The average molecular weight is 1620 g/mol. The van der Waals surface area contributed by atoms with E-state index < -0.39 is 0 Å². The van der Waals surface area contributed by atoms with E-state index in [2.05, 4.69) is 220 Å². The summed E-state index contributed by atoms with van der Waals surface area (Å²) in [5, 5.41) is 12.0. The highest BCUT2D eigenvalue weighted by molar-refractivity contribution is 6.26.